The Morgan fingerprint density at radius 1 is 0.857 bits per heavy atom. The molecule has 0 saturated carbocycles. The van der Waals surface area contributed by atoms with Crippen LogP contribution >= 0.6 is 0 Å². The SMILES string of the molecule is Cc1ccc(S(=O)(=O)Nc2ccc3oc(-c4ccccc4)cc(=O)c3c2)cc1. The molecule has 140 valence electrons. The molecule has 0 radical (unpaired) electrons. The van der Waals surface area contributed by atoms with E-state index in [1.807, 2.05) is 37.3 Å². The Morgan fingerprint density at radius 3 is 2.29 bits per heavy atom. The Balaban J connectivity index is 1.71. The van der Waals surface area contributed by atoms with E-state index in [0.717, 1.165) is 11.1 Å². The van der Waals surface area contributed by atoms with E-state index in [9.17, 15) is 13.2 Å². The van der Waals surface area contributed by atoms with E-state index in [4.69, 9.17) is 4.42 Å². The van der Waals surface area contributed by atoms with Crippen molar-refractivity contribution in [2.45, 2.75) is 11.8 Å². The van der Waals surface area contributed by atoms with Crippen LogP contribution in [0.4, 0.5) is 5.69 Å². The molecule has 0 atom stereocenters. The highest BCUT2D eigenvalue weighted by Crippen LogP contribution is 2.25. The molecular weight excluding hydrogens is 374 g/mol. The van der Waals surface area contributed by atoms with E-state index in [2.05, 4.69) is 4.72 Å². The van der Waals surface area contributed by atoms with Crippen molar-refractivity contribution in [2.75, 3.05) is 4.72 Å². The second-order valence-corrected chi connectivity index (χ2v) is 8.15. The number of sulfonamides is 1. The highest BCUT2D eigenvalue weighted by Gasteiger charge is 2.15. The molecule has 5 nitrogen and oxygen atoms in total. The van der Waals surface area contributed by atoms with E-state index >= 15 is 0 Å². The van der Waals surface area contributed by atoms with Crippen molar-refractivity contribution in [3.05, 3.63) is 94.6 Å². The lowest BCUT2D eigenvalue weighted by Crippen LogP contribution is -2.13. The molecule has 0 bridgehead atoms. The zero-order chi connectivity index (χ0) is 19.7. The van der Waals surface area contributed by atoms with Gasteiger partial charge in [-0.05, 0) is 37.3 Å². The quantitative estimate of drug-likeness (QED) is 0.553. The molecule has 0 aliphatic carbocycles. The van der Waals surface area contributed by atoms with E-state index < -0.39 is 10.0 Å². The summed E-state index contributed by atoms with van der Waals surface area (Å²) in [5, 5.41) is 0.309. The van der Waals surface area contributed by atoms with Gasteiger partial charge in [-0.2, -0.15) is 0 Å². The van der Waals surface area contributed by atoms with Crippen LogP contribution in [0, 0.1) is 6.92 Å². The highest BCUT2D eigenvalue weighted by atomic mass is 32.2. The molecule has 0 aliphatic heterocycles. The van der Waals surface area contributed by atoms with Crippen LogP contribution in [0.25, 0.3) is 22.3 Å². The number of anilines is 1. The van der Waals surface area contributed by atoms with Crippen molar-refractivity contribution >= 4 is 26.7 Å². The number of hydrogen-bond donors (Lipinski definition) is 1. The van der Waals surface area contributed by atoms with Gasteiger partial charge in [0.15, 0.2) is 5.43 Å². The third kappa shape index (κ3) is 3.54. The molecule has 0 amide bonds. The molecule has 4 rings (SSSR count). The van der Waals surface area contributed by atoms with Gasteiger partial charge in [-0.15, -0.1) is 0 Å². The van der Waals surface area contributed by atoms with Crippen LogP contribution in [0.3, 0.4) is 0 Å². The smallest absolute Gasteiger partial charge is 0.261 e. The summed E-state index contributed by atoms with van der Waals surface area (Å²) in [5.41, 5.74) is 2.22. The molecule has 28 heavy (non-hydrogen) atoms. The lowest BCUT2D eigenvalue weighted by Gasteiger charge is -2.09. The van der Waals surface area contributed by atoms with Crippen LogP contribution < -0.4 is 10.2 Å². The number of rotatable bonds is 4. The fourth-order valence-electron chi connectivity index (χ4n) is 2.90. The summed E-state index contributed by atoms with van der Waals surface area (Å²) < 4.78 is 33.5. The van der Waals surface area contributed by atoms with Crippen LogP contribution in [0.1, 0.15) is 5.56 Å². The normalized spacial score (nSPS) is 11.5. The fourth-order valence-corrected chi connectivity index (χ4v) is 3.95. The van der Waals surface area contributed by atoms with Crippen molar-refractivity contribution in [2.24, 2.45) is 0 Å². The zero-order valence-corrected chi connectivity index (χ0v) is 15.9. The first-order chi connectivity index (χ1) is 13.4. The van der Waals surface area contributed by atoms with E-state index in [0.29, 0.717) is 22.4 Å². The summed E-state index contributed by atoms with van der Waals surface area (Å²) in [4.78, 5) is 12.7. The molecule has 6 heteroatoms. The molecule has 0 fully saturated rings. The standard InChI is InChI=1S/C22H17NO4S/c1-15-7-10-18(11-8-15)28(25,26)23-17-9-12-21-19(13-17)20(24)14-22(27-21)16-5-3-2-4-6-16/h2-14,23H,1H3. The molecule has 0 saturated heterocycles. The summed E-state index contributed by atoms with van der Waals surface area (Å²) in [7, 11) is -3.75. The van der Waals surface area contributed by atoms with E-state index in [-0.39, 0.29) is 10.3 Å². The lowest BCUT2D eigenvalue weighted by molar-refractivity contribution is 0.601. The summed E-state index contributed by atoms with van der Waals surface area (Å²) in [6, 6.07) is 21.9. The number of aryl methyl sites for hydroxylation is 1. The second kappa shape index (κ2) is 6.98. The molecule has 0 spiro atoms. The number of benzene rings is 3. The first-order valence-electron chi connectivity index (χ1n) is 8.65. The Kier molecular flexibility index (Phi) is 4.49. The molecule has 4 aromatic rings. The Bertz CT molecular complexity index is 1310. The zero-order valence-electron chi connectivity index (χ0n) is 15.0. The third-order valence-corrected chi connectivity index (χ3v) is 5.77. The van der Waals surface area contributed by atoms with Crippen molar-refractivity contribution in [3.8, 4) is 11.3 Å². The lowest BCUT2D eigenvalue weighted by atomic mass is 10.1. The molecule has 0 aliphatic rings. The third-order valence-electron chi connectivity index (χ3n) is 4.37. The average Bonchev–Trinajstić information content (AvgIpc) is 2.69. The average molecular weight is 391 g/mol. The van der Waals surface area contributed by atoms with Crippen molar-refractivity contribution in [1.82, 2.24) is 0 Å². The van der Waals surface area contributed by atoms with E-state index in [1.54, 1.807) is 36.4 Å². The second-order valence-electron chi connectivity index (χ2n) is 6.47. The van der Waals surface area contributed by atoms with Crippen LogP contribution in [-0.4, -0.2) is 8.42 Å². The number of fused-ring (bicyclic) bond motifs is 1. The maximum absolute atomic E-state index is 12.6. The highest BCUT2D eigenvalue weighted by molar-refractivity contribution is 7.92. The van der Waals surface area contributed by atoms with Gasteiger partial charge in [0.2, 0.25) is 0 Å². The van der Waals surface area contributed by atoms with Gasteiger partial charge in [-0.25, -0.2) is 8.42 Å². The van der Waals surface area contributed by atoms with Crippen molar-refractivity contribution in [1.29, 1.82) is 0 Å². The van der Waals surface area contributed by atoms with Gasteiger partial charge in [-0.1, -0.05) is 48.0 Å². The summed E-state index contributed by atoms with van der Waals surface area (Å²) in [6.07, 6.45) is 0. The Labute approximate surface area is 162 Å². The fraction of sp³-hybridized carbons (Fsp3) is 0.0455. The van der Waals surface area contributed by atoms with Gasteiger partial charge >= 0.3 is 0 Å². The van der Waals surface area contributed by atoms with E-state index in [1.165, 1.54) is 12.1 Å². The summed E-state index contributed by atoms with van der Waals surface area (Å²) in [6.45, 7) is 1.89. The molecule has 3 aromatic carbocycles. The Hall–Kier alpha value is -3.38. The maximum Gasteiger partial charge on any atom is 0.261 e. The molecular formula is C22H17NO4S. The van der Waals surface area contributed by atoms with Crippen LogP contribution in [-0.2, 0) is 10.0 Å². The van der Waals surface area contributed by atoms with Crippen molar-refractivity contribution in [3.63, 3.8) is 0 Å². The summed E-state index contributed by atoms with van der Waals surface area (Å²) >= 11 is 0. The van der Waals surface area contributed by atoms with Gasteiger partial charge in [0.25, 0.3) is 10.0 Å². The van der Waals surface area contributed by atoms with Gasteiger partial charge in [0.1, 0.15) is 11.3 Å². The molecule has 1 heterocycles. The first-order valence-corrected chi connectivity index (χ1v) is 10.1. The largest absolute Gasteiger partial charge is 0.456 e. The summed E-state index contributed by atoms with van der Waals surface area (Å²) in [5.74, 6) is 0.464. The van der Waals surface area contributed by atoms with Crippen molar-refractivity contribution < 1.29 is 12.8 Å². The van der Waals surface area contributed by atoms with Gasteiger partial charge in [-0.3, -0.25) is 9.52 Å². The molecule has 1 aromatic heterocycles. The van der Waals surface area contributed by atoms with Gasteiger partial charge < -0.3 is 4.42 Å². The number of nitrogens with one attached hydrogen (secondary N) is 1. The van der Waals surface area contributed by atoms with Crippen LogP contribution in [0.2, 0.25) is 0 Å². The minimum Gasteiger partial charge on any atom is -0.456 e. The van der Waals surface area contributed by atoms with Gasteiger partial charge in [0, 0.05) is 17.3 Å². The monoisotopic (exact) mass is 391 g/mol. The predicted octanol–water partition coefficient (Wildman–Crippen LogP) is 4.57. The minimum atomic E-state index is -3.75. The predicted molar refractivity (Wildman–Crippen MR) is 110 cm³/mol. The van der Waals surface area contributed by atoms with Crippen LogP contribution in [0.5, 0.6) is 0 Å². The first kappa shape index (κ1) is 18.0. The minimum absolute atomic E-state index is 0.157. The van der Waals surface area contributed by atoms with Crippen LogP contribution in [0.15, 0.2) is 93.0 Å². The topological polar surface area (TPSA) is 76.4 Å². The number of hydrogen-bond acceptors (Lipinski definition) is 4. The Morgan fingerprint density at radius 2 is 1.57 bits per heavy atom. The van der Waals surface area contributed by atoms with Gasteiger partial charge in [0.05, 0.1) is 10.3 Å². The molecule has 0 unspecified atom stereocenters. The maximum atomic E-state index is 12.6. The molecule has 1 N–H and O–H groups in total.